The molecule has 0 N–H and O–H groups in total. The van der Waals surface area contributed by atoms with Gasteiger partial charge in [0, 0.05) is 13.1 Å². The van der Waals surface area contributed by atoms with Crippen molar-refractivity contribution in [3.8, 4) is 0 Å². The van der Waals surface area contributed by atoms with Gasteiger partial charge in [0.25, 0.3) is 0 Å². The number of nitrogens with zero attached hydrogens (tertiary/aromatic N) is 2. The van der Waals surface area contributed by atoms with Crippen molar-refractivity contribution in [2.75, 3.05) is 19.6 Å². The largest absolute Gasteiger partial charge is 0.296 e. The average Bonchev–Trinajstić information content (AvgIpc) is 2.92. The molecule has 0 spiro atoms. The summed E-state index contributed by atoms with van der Waals surface area (Å²) in [4.78, 5) is 18.1. The van der Waals surface area contributed by atoms with Crippen molar-refractivity contribution in [3.63, 3.8) is 0 Å². The van der Waals surface area contributed by atoms with Gasteiger partial charge in [-0.2, -0.15) is 0 Å². The van der Waals surface area contributed by atoms with Crippen LogP contribution in [0.4, 0.5) is 0 Å². The Morgan fingerprint density at radius 3 is 2.73 bits per heavy atom. The maximum Gasteiger partial charge on any atom is 0.168 e. The molecule has 142 valence electrons. The number of aromatic nitrogens is 1. The summed E-state index contributed by atoms with van der Waals surface area (Å²) in [7, 11) is 0. The molecule has 0 unspecified atom stereocenters. The van der Waals surface area contributed by atoms with Gasteiger partial charge in [-0.05, 0) is 62.4 Å². The number of pyridine rings is 1. The Labute approximate surface area is 159 Å². The fourth-order valence-electron chi connectivity index (χ4n) is 2.91. The summed E-state index contributed by atoms with van der Waals surface area (Å²) in [6, 6.07) is 4.02. The fraction of sp³-hybridized carbons (Fsp3) is 0.478. The van der Waals surface area contributed by atoms with Gasteiger partial charge in [-0.1, -0.05) is 51.1 Å². The van der Waals surface area contributed by atoms with Gasteiger partial charge >= 0.3 is 0 Å². The Kier molecular flexibility index (Phi) is 10.5. The monoisotopic (exact) mass is 354 g/mol. The minimum absolute atomic E-state index is 0.551. The summed E-state index contributed by atoms with van der Waals surface area (Å²) >= 11 is 0. The molecule has 0 saturated carbocycles. The first-order valence-electron chi connectivity index (χ1n) is 9.84. The molecule has 1 aromatic rings. The van der Waals surface area contributed by atoms with E-state index in [-0.39, 0.29) is 0 Å². The third-order valence-corrected chi connectivity index (χ3v) is 4.44. The first-order chi connectivity index (χ1) is 12.7. The molecule has 2 rings (SSSR count). The number of carbonyl (C=O) groups is 1. The molecular formula is C23H34N2O. The van der Waals surface area contributed by atoms with Crippen molar-refractivity contribution in [3.05, 3.63) is 59.0 Å². The summed E-state index contributed by atoms with van der Waals surface area (Å²) in [5.41, 5.74) is 5.05. The van der Waals surface area contributed by atoms with E-state index in [9.17, 15) is 4.79 Å². The molecule has 1 aliphatic rings. The normalized spacial score (nSPS) is 15.9. The molecule has 0 bridgehead atoms. The van der Waals surface area contributed by atoms with Crippen LogP contribution in [0.1, 0.15) is 68.7 Å². The van der Waals surface area contributed by atoms with E-state index in [2.05, 4.69) is 48.0 Å². The van der Waals surface area contributed by atoms with Crippen molar-refractivity contribution in [2.45, 2.75) is 53.9 Å². The quantitative estimate of drug-likeness (QED) is 0.491. The molecule has 0 aromatic carbocycles. The van der Waals surface area contributed by atoms with Gasteiger partial charge in [0.05, 0.1) is 5.69 Å². The molecule has 1 aliphatic heterocycles. The van der Waals surface area contributed by atoms with Crippen molar-refractivity contribution in [1.82, 2.24) is 9.88 Å². The van der Waals surface area contributed by atoms with Crippen molar-refractivity contribution < 1.29 is 4.79 Å². The third kappa shape index (κ3) is 6.72. The van der Waals surface area contributed by atoms with Gasteiger partial charge in [0.15, 0.2) is 6.29 Å². The molecule has 0 saturated heterocycles. The number of aldehydes is 1. The predicted molar refractivity (Wildman–Crippen MR) is 113 cm³/mol. The number of hydrogen-bond donors (Lipinski definition) is 0. The Bertz CT molecular complexity index is 656. The van der Waals surface area contributed by atoms with Crippen LogP contribution in [0, 0.1) is 6.92 Å². The number of rotatable bonds is 6. The second-order valence-corrected chi connectivity index (χ2v) is 6.26. The molecule has 0 radical (unpaired) electrons. The van der Waals surface area contributed by atoms with Crippen LogP contribution in [0.25, 0.3) is 5.57 Å². The van der Waals surface area contributed by atoms with Crippen LogP contribution >= 0.6 is 0 Å². The average molecular weight is 355 g/mol. The lowest BCUT2D eigenvalue weighted by molar-refractivity contribution is 0.111. The zero-order chi connectivity index (χ0) is 19.4. The Balaban J connectivity index is 0.00000163. The Hall–Kier alpha value is -2.00. The standard InChI is InChI=1S/C21H28N2O.C2H6/c1-4-6-8-18(5-2)15-23-13-7-9-19(12-14-23)20-11-10-17(3)21(16-24)22-20;1-2/h5-6,8,10-12,16H,4,7,9,13-15H2,1-3H3;1-2H3/b8-6-,18-5+;. The molecule has 0 amide bonds. The third-order valence-electron chi connectivity index (χ3n) is 4.44. The zero-order valence-corrected chi connectivity index (χ0v) is 17.1. The second-order valence-electron chi connectivity index (χ2n) is 6.26. The first-order valence-corrected chi connectivity index (χ1v) is 9.84. The van der Waals surface area contributed by atoms with Crippen molar-refractivity contribution in [1.29, 1.82) is 0 Å². The Morgan fingerprint density at radius 1 is 1.31 bits per heavy atom. The second kappa shape index (κ2) is 12.4. The van der Waals surface area contributed by atoms with E-state index in [1.165, 1.54) is 11.1 Å². The number of allylic oxidation sites excluding steroid dienone is 3. The van der Waals surface area contributed by atoms with Crippen molar-refractivity contribution >= 4 is 11.9 Å². The van der Waals surface area contributed by atoms with E-state index in [0.29, 0.717) is 5.69 Å². The molecule has 0 atom stereocenters. The van der Waals surface area contributed by atoms with Gasteiger partial charge in [-0.3, -0.25) is 9.69 Å². The first kappa shape index (κ1) is 22.0. The van der Waals surface area contributed by atoms with Crippen LogP contribution in [-0.4, -0.2) is 35.8 Å². The van der Waals surface area contributed by atoms with Crippen LogP contribution in [0.5, 0.6) is 0 Å². The van der Waals surface area contributed by atoms with Crippen LogP contribution in [0.2, 0.25) is 0 Å². The minimum atomic E-state index is 0.551. The van der Waals surface area contributed by atoms with Crippen LogP contribution < -0.4 is 0 Å². The van der Waals surface area contributed by atoms with E-state index in [1.807, 2.05) is 32.9 Å². The SMILES string of the molecule is C/C=C(\C=C/CC)CN1CC=C(c2ccc(C)c(C=O)n2)CCC1.CC. The number of aryl methyl sites for hydroxylation is 1. The highest BCUT2D eigenvalue weighted by Crippen LogP contribution is 2.22. The lowest BCUT2D eigenvalue weighted by Crippen LogP contribution is -2.26. The lowest BCUT2D eigenvalue weighted by atomic mass is 10.1. The number of hydrogen-bond acceptors (Lipinski definition) is 3. The molecule has 3 nitrogen and oxygen atoms in total. The van der Waals surface area contributed by atoms with Gasteiger partial charge in [0.2, 0.25) is 0 Å². The smallest absolute Gasteiger partial charge is 0.168 e. The molecule has 1 aromatic heterocycles. The highest BCUT2D eigenvalue weighted by molar-refractivity contribution is 5.76. The zero-order valence-electron chi connectivity index (χ0n) is 17.1. The maximum atomic E-state index is 11.1. The van der Waals surface area contributed by atoms with Crippen LogP contribution in [0.3, 0.4) is 0 Å². The van der Waals surface area contributed by atoms with E-state index in [4.69, 9.17) is 0 Å². The summed E-state index contributed by atoms with van der Waals surface area (Å²) < 4.78 is 0. The van der Waals surface area contributed by atoms with Crippen LogP contribution in [-0.2, 0) is 0 Å². The maximum absolute atomic E-state index is 11.1. The molecule has 0 fully saturated rings. The lowest BCUT2D eigenvalue weighted by Gasteiger charge is -2.19. The number of carbonyl (C=O) groups excluding carboxylic acids is 1. The van der Waals surface area contributed by atoms with E-state index < -0.39 is 0 Å². The molecule has 0 aliphatic carbocycles. The highest BCUT2D eigenvalue weighted by Gasteiger charge is 2.13. The Morgan fingerprint density at radius 2 is 2.08 bits per heavy atom. The molecule has 2 heterocycles. The highest BCUT2D eigenvalue weighted by atomic mass is 16.1. The summed E-state index contributed by atoms with van der Waals surface area (Å²) in [6.07, 6.45) is 13.0. The van der Waals surface area contributed by atoms with Gasteiger partial charge in [-0.25, -0.2) is 4.98 Å². The van der Waals surface area contributed by atoms with Gasteiger partial charge in [0.1, 0.15) is 5.69 Å². The van der Waals surface area contributed by atoms with E-state index >= 15 is 0 Å². The predicted octanol–water partition coefficient (Wildman–Crippen LogP) is 5.62. The van der Waals surface area contributed by atoms with Crippen molar-refractivity contribution in [2.24, 2.45) is 0 Å². The summed E-state index contributed by atoms with van der Waals surface area (Å²) in [5, 5.41) is 0. The summed E-state index contributed by atoms with van der Waals surface area (Å²) in [6.45, 7) is 13.2. The van der Waals surface area contributed by atoms with E-state index in [1.54, 1.807) is 0 Å². The summed E-state index contributed by atoms with van der Waals surface area (Å²) in [5.74, 6) is 0. The minimum Gasteiger partial charge on any atom is -0.296 e. The van der Waals surface area contributed by atoms with E-state index in [0.717, 1.165) is 56.4 Å². The molecule has 3 heteroatoms. The topological polar surface area (TPSA) is 33.2 Å². The molecule has 26 heavy (non-hydrogen) atoms. The van der Waals surface area contributed by atoms with Gasteiger partial charge in [-0.15, -0.1) is 0 Å². The molecular weight excluding hydrogens is 320 g/mol. The van der Waals surface area contributed by atoms with Crippen LogP contribution in [0.15, 0.2) is 42.0 Å². The fourth-order valence-corrected chi connectivity index (χ4v) is 2.91. The van der Waals surface area contributed by atoms with Gasteiger partial charge < -0.3 is 0 Å².